The van der Waals surface area contributed by atoms with Crippen molar-refractivity contribution in [3.63, 3.8) is 0 Å². The first-order chi connectivity index (χ1) is 36.7. The molecule has 3 N–H and O–H groups in total. The lowest BCUT2D eigenvalue weighted by Gasteiger charge is -2.20. The summed E-state index contributed by atoms with van der Waals surface area (Å²) in [5.74, 6) is -0.0930. The van der Waals surface area contributed by atoms with Crippen LogP contribution in [0.4, 0.5) is 0 Å². The molecule has 0 aliphatic carbocycles. The quantitative estimate of drug-likeness (QED) is 0.0420. The van der Waals surface area contributed by atoms with Crippen molar-refractivity contribution < 1.29 is 15.0 Å². The maximum Gasteiger partial charge on any atom is 0.220 e. The largest absolute Gasteiger partial charge is 0.394 e. The van der Waals surface area contributed by atoms with Crippen LogP contribution in [0, 0.1) is 0 Å². The van der Waals surface area contributed by atoms with Gasteiger partial charge in [-0.15, -0.1) is 0 Å². The Labute approximate surface area is 458 Å². The molecule has 0 spiro atoms. The summed E-state index contributed by atoms with van der Waals surface area (Å²) in [7, 11) is 0. The summed E-state index contributed by atoms with van der Waals surface area (Å²) in [6.07, 6.45) is 101. The van der Waals surface area contributed by atoms with Gasteiger partial charge in [-0.1, -0.05) is 300 Å². The first kappa shape index (κ1) is 70.0. The summed E-state index contributed by atoms with van der Waals surface area (Å²) in [5, 5.41) is 23.2. The van der Waals surface area contributed by atoms with Gasteiger partial charge in [0.05, 0.1) is 18.8 Å². The molecule has 0 rings (SSSR count). The fraction of sp³-hybridized carbons (Fsp3) is 0.614. The number of unbranched alkanes of at least 4 members (excludes halogenated alkanes) is 23. The van der Waals surface area contributed by atoms with Gasteiger partial charge in [0.25, 0.3) is 0 Å². The molecule has 4 heteroatoms. The predicted molar refractivity (Wildman–Crippen MR) is 331 cm³/mol. The van der Waals surface area contributed by atoms with E-state index in [-0.39, 0.29) is 12.5 Å². The molecule has 0 bridgehead atoms. The second-order valence-corrected chi connectivity index (χ2v) is 20.0. The summed E-state index contributed by atoms with van der Waals surface area (Å²) in [6, 6.07) is -0.648. The SMILES string of the molecule is CC/C=C\C/C=C\C/C=C\C/C=C\C/C=C\C/C=C\C/C=C\C/C=C\C/C=C\C/C=C\C/C=C\C/C=C\CCCCCCC(=O)NC(CO)C(O)/C=C/CCCCCCCCCCCCCCCCCCCCC. The maximum absolute atomic E-state index is 12.5. The Morgan fingerprint density at radius 3 is 0.892 bits per heavy atom. The van der Waals surface area contributed by atoms with Crippen molar-refractivity contribution in [2.24, 2.45) is 0 Å². The summed E-state index contributed by atoms with van der Waals surface area (Å²) < 4.78 is 0. The van der Waals surface area contributed by atoms with Crippen molar-refractivity contribution in [2.45, 2.75) is 270 Å². The van der Waals surface area contributed by atoms with Crippen LogP contribution in [-0.4, -0.2) is 34.9 Å². The van der Waals surface area contributed by atoms with Crippen LogP contribution in [0.1, 0.15) is 258 Å². The van der Waals surface area contributed by atoms with Gasteiger partial charge in [-0.05, 0) is 109 Å². The fourth-order valence-corrected chi connectivity index (χ4v) is 8.40. The Morgan fingerprint density at radius 1 is 0.338 bits per heavy atom. The first-order valence-electron chi connectivity index (χ1n) is 30.7. The van der Waals surface area contributed by atoms with Crippen LogP contribution < -0.4 is 5.32 Å². The Hall–Kier alpha value is -3.99. The van der Waals surface area contributed by atoms with E-state index in [0.29, 0.717) is 6.42 Å². The summed E-state index contributed by atoms with van der Waals surface area (Å²) >= 11 is 0. The minimum atomic E-state index is -0.862. The number of amides is 1. The second-order valence-electron chi connectivity index (χ2n) is 20.0. The zero-order valence-electron chi connectivity index (χ0n) is 48.0. The van der Waals surface area contributed by atoms with E-state index < -0.39 is 12.1 Å². The van der Waals surface area contributed by atoms with Gasteiger partial charge in [0.15, 0.2) is 0 Å². The van der Waals surface area contributed by atoms with Gasteiger partial charge < -0.3 is 15.5 Å². The Balaban J connectivity index is 3.69. The summed E-state index contributed by atoms with van der Waals surface area (Å²) in [6.45, 7) is 4.19. The molecule has 0 heterocycles. The zero-order chi connectivity index (χ0) is 53.4. The van der Waals surface area contributed by atoms with E-state index in [1.165, 1.54) is 116 Å². The summed E-state index contributed by atoms with van der Waals surface area (Å²) in [5.41, 5.74) is 0. The molecule has 0 aliphatic heterocycles. The number of aliphatic hydroxyl groups is 2. The van der Waals surface area contributed by atoms with Gasteiger partial charge in [-0.2, -0.15) is 0 Å². The third-order valence-electron chi connectivity index (χ3n) is 13.0. The Bertz CT molecular complexity index is 1580. The number of aliphatic hydroxyl groups excluding tert-OH is 2. The van der Waals surface area contributed by atoms with Gasteiger partial charge in [0.2, 0.25) is 5.91 Å². The molecule has 0 aromatic rings. The lowest BCUT2D eigenvalue weighted by Crippen LogP contribution is -2.45. The normalized spacial score (nSPS) is 13.9. The lowest BCUT2D eigenvalue weighted by molar-refractivity contribution is -0.123. The molecule has 1 amide bonds. The van der Waals surface area contributed by atoms with Crippen molar-refractivity contribution in [1.29, 1.82) is 0 Å². The highest BCUT2D eigenvalue weighted by molar-refractivity contribution is 5.76. The molecule has 0 radical (unpaired) electrons. The third kappa shape index (κ3) is 58.9. The van der Waals surface area contributed by atoms with Crippen LogP contribution >= 0.6 is 0 Å². The molecule has 2 unspecified atom stereocenters. The van der Waals surface area contributed by atoms with Crippen LogP contribution in [0.15, 0.2) is 158 Å². The van der Waals surface area contributed by atoms with Crippen LogP contribution in [0.3, 0.4) is 0 Å². The van der Waals surface area contributed by atoms with Crippen molar-refractivity contribution in [3.05, 3.63) is 158 Å². The minimum Gasteiger partial charge on any atom is -0.394 e. The molecule has 0 saturated heterocycles. The topological polar surface area (TPSA) is 69.6 Å². The molecule has 74 heavy (non-hydrogen) atoms. The number of hydrogen-bond donors (Lipinski definition) is 3. The van der Waals surface area contributed by atoms with Crippen LogP contribution in [0.2, 0.25) is 0 Å². The Kier molecular flexibility index (Phi) is 59.9. The zero-order valence-corrected chi connectivity index (χ0v) is 48.0. The highest BCUT2D eigenvalue weighted by Crippen LogP contribution is 2.15. The number of carbonyl (C=O) groups is 1. The van der Waals surface area contributed by atoms with E-state index in [0.717, 1.165) is 122 Å². The second kappa shape index (κ2) is 63.3. The van der Waals surface area contributed by atoms with E-state index in [2.05, 4.69) is 165 Å². The first-order valence-corrected chi connectivity index (χ1v) is 30.7. The van der Waals surface area contributed by atoms with Gasteiger partial charge >= 0.3 is 0 Å². The highest BCUT2D eigenvalue weighted by atomic mass is 16.3. The molecule has 2 atom stereocenters. The predicted octanol–water partition coefficient (Wildman–Crippen LogP) is 20.9. The minimum absolute atomic E-state index is 0.0930. The highest BCUT2D eigenvalue weighted by Gasteiger charge is 2.18. The standard InChI is InChI=1S/C70H115NO3/c1-3-5-7-9-11-13-15-17-19-21-23-25-26-27-28-29-30-31-32-33-34-35-36-37-38-39-40-41-42-43-44-46-48-50-52-54-56-58-60-62-64-66-70(74)71-68(67-72)69(73)65-63-61-59-57-55-53-51-49-47-45-24-22-20-18-16-14-12-10-8-6-4-2/h5,7,11,13,17,19,23,25,27-28,30-31,33-34,36-37,39-40,42-43,46,48,52,54,63,65,68-69,72-73H,3-4,6,8-10,12,14-16,18,20-22,24,26,29,32,35,38,41,44-45,47,49-51,53,55-62,64,66-67H2,1-2H3,(H,71,74)/b7-5-,13-11-,19-17-,25-23-,28-27-,31-30-,34-33-,37-36-,40-39-,43-42-,48-46-,54-52-,65-63+. The molecular formula is C70H115NO3. The van der Waals surface area contributed by atoms with Crippen molar-refractivity contribution in [3.8, 4) is 0 Å². The van der Waals surface area contributed by atoms with Gasteiger partial charge in [-0.3, -0.25) is 4.79 Å². The van der Waals surface area contributed by atoms with Crippen LogP contribution in [-0.2, 0) is 4.79 Å². The molecule has 0 saturated carbocycles. The third-order valence-corrected chi connectivity index (χ3v) is 13.0. The Morgan fingerprint density at radius 2 is 0.595 bits per heavy atom. The van der Waals surface area contributed by atoms with Crippen LogP contribution in [0.25, 0.3) is 0 Å². The van der Waals surface area contributed by atoms with Crippen molar-refractivity contribution in [1.82, 2.24) is 5.32 Å². The molecule has 418 valence electrons. The number of allylic oxidation sites excluding steroid dienone is 25. The number of rotatable bonds is 54. The smallest absolute Gasteiger partial charge is 0.220 e. The molecule has 0 aliphatic rings. The molecule has 4 nitrogen and oxygen atoms in total. The molecule has 0 aromatic heterocycles. The average Bonchev–Trinajstić information content (AvgIpc) is 3.40. The maximum atomic E-state index is 12.5. The van der Waals surface area contributed by atoms with E-state index in [1.807, 2.05) is 6.08 Å². The van der Waals surface area contributed by atoms with E-state index >= 15 is 0 Å². The lowest BCUT2D eigenvalue weighted by atomic mass is 10.0. The van der Waals surface area contributed by atoms with E-state index in [9.17, 15) is 15.0 Å². The van der Waals surface area contributed by atoms with Crippen molar-refractivity contribution in [2.75, 3.05) is 6.61 Å². The molecule has 0 aromatic carbocycles. The average molecular weight is 1020 g/mol. The number of nitrogens with one attached hydrogen (secondary N) is 1. The molecule has 0 fully saturated rings. The van der Waals surface area contributed by atoms with Crippen molar-refractivity contribution >= 4 is 5.91 Å². The van der Waals surface area contributed by atoms with E-state index in [1.54, 1.807) is 6.08 Å². The molecular weight excluding hydrogens is 903 g/mol. The summed E-state index contributed by atoms with van der Waals surface area (Å²) in [4.78, 5) is 12.5. The van der Waals surface area contributed by atoms with E-state index in [4.69, 9.17) is 0 Å². The van der Waals surface area contributed by atoms with Crippen LogP contribution in [0.5, 0.6) is 0 Å². The number of hydrogen-bond acceptors (Lipinski definition) is 3. The fourth-order valence-electron chi connectivity index (χ4n) is 8.40. The monoisotopic (exact) mass is 1020 g/mol. The number of carbonyl (C=O) groups excluding carboxylic acids is 1. The van der Waals surface area contributed by atoms with Gasteiger partial charge in [0.1, 0.15) is 0 Å². The van der Waals surface area contributed by atoms with Gasteiger partial charge in [0, 0.05) is 6.42 Å². The van der Waals surface area contributed by atoms with Gasteiger partial charge in [-0.25, -0.2) is 0 Å².